The van der Waals surface area contributed by atoms with Gasteiger partial charge in [0.05, 0.1) is 16.8 Å². The minimum absolute atomic E-state index is 0.0629. The zero-order chi connectivity index (χ0) is 16.7. The van der Waals surface area contributed by atoms with Gasteiger partial charge in [-0.1, -0.05) is 17.7 Å². The lowest BCUT2D eigenvalue weighted by Crippen LogP contribution is -2.31. The summed E-state index contributed by atoms with van der Waals surface area (Å²) in [4.78, 5) is 21.5. The normalized spacial score (nSPS) is 15.4. The predicted molar refractivity (Wildman–Crippen MR) is 92.1 cm³/mol. The number of carbonyl (C=O) groups excluding carboxylic acids is 1. The molecule has 24 heavy (non-hydrogen) atoms. The number of fused-ring (bicyclic) bond motifs is 1. The Hall–Kier alpha value is -2.40. The van der Waals surface area contributed by atoms with Gasteiger partial charge in [0.25, 0.3) is 5.91 Å². The number of aryl methyl sites for hydroxylation is 1. The van der Waals surface area contributed by atoms with Crippen LogP contribution in [0, 0.1) is 12.8 Å². The third-order valence-corrected chi connectivity index (χ3v) is 4.60. The van der Waals surface area contributed by atoms with Crippen molar-refractivity contribution in [2.24, 2.45) is 5.92 Å². The van der Waals surface area contributed by atoms with Crippen LogP contribution in [0.5, 0.6) is 0 Å². The Kier molecular flexibility index (Phi) is 3.73. The molecule has 1 N–H and O–H groups in total. The van der Waals surface area contributed by atoms with Gasteiger partial charge in [-0.05, 0) is 49.4 Å². The Morgan fingerprint density at radius 2 is 2.17 bits per heavy atom. The molecule has 4 rings (SSSR count). The van der Waals surface area contributed by atoms with E-state index in [1.807, 2.05) is 19.1 Å². The van der Waals surface area contributed by atoms with Gasteiger partial charge in [0.1, 0.15) is 11.3 Å². The average molecular weight is 341 g/mol. The second-order valence-electron chi connectivity index (χ2n) is 6.23. The molecule has 1 fully saturated rings. The first kappa shape index (κ1) is 15.1. The first-order valence-corrected chi connectivity index (χ1v) is 8.36. The van der Waals surface area contributed by atoms with Crippen molar-refractivity contribution in [1.82, 2.24) is 19.7 Å². The van der Waals surface area contributed by atoms with Crippen molar-refractivity contribution in [3.8, 4) is 0 Å². The van der Waals surface area contributed by atoms with Crippen LogP contribution in [0.15, 0.2) is 42.9 Å². The van der Waals surface area contributed by atoms with Crippen molar-refractivity contribution in [3.05, 3.63) is 64.8 Å². The second-order valence-corrected chi connectivity index (χ2v) is 6.67. The third kappa shape index (κ3) is 2.87. The lowest BCUT2D eigenvalue weighted by molar-refractivity contribution is 0.0926. The van der Waals surface area contributed by atoms with E-state index in [4.69, 9.17) is 11.6 Å². The summed E-state index contributed by atoms with van der Waals surface area (Å²) < 4.78 is 1.76. The van der Waals surface area contributed by atoms with Crippen molar-refractivity contribution in [2.75, 3.05) is 0 Å². The van der Waals surface area contributed by atoms with E-state index in [0.29, 0.717) is 22.3 Å². The molecule has 1 aliphatic carbocycles. The molecule has 0 aromatic carbocycles. The maximum absolute atomic E-state index is 12.7. The molecule has 1 atom stereocenters. The first-order chi connectivity index (χ1) is 11.6. The highest BCUT2D eigenvalue weighted by Gasteiger charge is 2.35. The van der Waals surface area contributed by atoms with Crippen LogP contribution < -0.4 is 5.32 Å². The lowest BCUT2D eigenvalue weighted by atomic mass is 10.0. The zero-order valence-corrected chi connectivity index (χ0v) is 14.0. The summed E-state index contributed by atoms with van der Waals surface area (Å²) in [5.41, 5.74) is 3.12. The zero-order valence-electron chi connectivity index (χ0n) is 13.2. The summed E-state index contributed by atoms with van der Waals surface area (Å²) in [7, 11) is 0. The number of hydrogen-bond donors (Lipinski definition) is 1. The molecule has 0 unspecified atom stereocenters. The number of pyridine rings is 2. The van der Waals surface area contributed by atoms with Crippen LogP contribution >= 0.6 is 11.6 Å². The van der Waals surface area contributed by atoms with Crippen LogP contribution in [0.4, 0.5) is 0 Å². The van der Waals surface area contributed by atoms with Crippen LogP contribution in [-0.4, -0.2) is 20.3 Å². The predicted octanol–water partition coefficient (Wildman–Crippen LogP) is 3.57. The number of amides is 1. The van der Waals surface area contributed by atoms with Gasteiger partial charge >= 0.3 is 0 Å². The van der Waals surface area contributed by atoms with Crippen molar-refractivity contribution in [2.45, 2.75) is 25.8 Å². The van der Waals surface area contributed by atoms with E-state index in [1.54, 1.807) is 35.1 Å². The van der Waals surface area contributed by atoms with Gasteiger partial charge in [-0.2, -0.15) is 0 Å². The molecule has 0 radical (unpaired) electrons. The molecule has 3 aromatic rings. The van der Waals surface area contributed by atoms with Crippen LogP contribution in [0.3, 0.4) is 0 Å². The Balaban J connectivity index is 1.62. The van der Waals surface area contributed by atoms with Crippen molar-refractivity contribution in [3.63, 3.8) is 0 Å². The molecule has 0 aliphatic heterocycles. The number of nitrogens with zero attached hydrogens (tertiary/aromatic N) is 3. The van der Waals surface area contributed by atoms with Gasteiger partial charge in [0.2, 0.25) is 0 Å². The molecular weight excluding hydrogens is 324 g/mol. The summed E-state index contributed by atoms with van der Waals surface area (Å²) >= 11 is 5.98. The number of nitrogens with one attached hydrogen (secondary N) is 1. The monoisotopic (exact) mass is 340 g/mol. The Morgan fingerprint density at radius 3 is 2.92 bits per heavy atom. The SMILES string of the molecule is Cc1cccnc1[C@H](NC(=O)c1cn2cc(Cl)ccc2n1)C1CC1. The number of rotatable bonds is 4. The van der Waals surface area contributed by atoms with Gasteiger partial charge in [-0.25, -0.2) is 4.98 Å². The molecule has 3 heterocycles. The summed E-state index contributed by atoms with van der Waals surface area (Å²) in [6, 6.07) is 7.43. The van der Waals surface area contributed by atoms with E-state index in [-0.39, 0.29) is 11.9 Å². The molecule has 1 saturated carbocycles. The minimum Gasteiger partial charge on any atom is -0.342 e. The lowest BCUT2D eigenvalue weighted by Gasteiger charge is -2.19. The van der Waals surface area contributed by atoms with Gasteiger partial charge in [-0.3, -0.25) is 9.78 Å². The largest absolute Gasteiger partial charge is 0.342 e. The van der Waals surface area contributed by atoms with Gasteiger partial charge < -0.3 is 9.72 Å². The number of carbonyl (C=O) groups is 1. The first-order valence-electron chi connectivity index (χ1n) is 7.98. The summed E-state index contributed by atoms with van der Waals surface area (Å²) in [6.07, 6.45) is 7.44. The van der Waals surface area contributed by atoms with Gasteiger partial charge in [0.15, 0.2) is 0 Å². The highest BCUT2D eigenvalue weighted by molar-refractivity contribution is 6.30. The van der Waals surface area contributed by atoms with Crippen molar-refractivity contribution in [1.29, 1.82) is 0 Å². The summed E-state index contributed by atoms with van der Waals surface area (Å²) in [5, 5.41) is 3.72. The number of hydrogen-bond acceptors (Lipinski definition) is 3. The fraction of sp³-hybridized carbons (Fsp3) is 0.278. The molecule has 1 amide bonds. The van der Waals surface area contributed by atoms with Crippen LogP contribution in [-0.2, 0) is 0 Å². The highest BCUT2D eigenvalue weighted by atomic mass is 35.5. The van der Waals surface area contributed by atoms with E-state index in [1.165, 1.54) is 0 Å². The number of halogens is 1. The van der Waals surface area contributed by atoms with Gasteiger partial charge in [-0.15, -0.1) is 0 Å². The number of imidazole rings is 1. The number of aromatic nitrogens is 3. The van der Waals surface area contributed by atoms with E-state index in [9.17, 15) is 4.79 Å². The highest BCUT2D eigenvalue weighted by Crippen LogP contribution is 2.41. The fourth-order valence-corrected chi connectivity index (χ4v) is 3.12. The molecule has 0 bridgehead atoms. The van der Waals surface area contributed by atoms with E-state index in [2.05, 4.69) is 15.3 Å². The topological polar surface area (TPSA) is 59.3 Å². The minimum atomic E-state index is -0.184. The van der Waals surface area contributed by atoms with E-state index >= 15 is 0 Å². The van der Waals surface area contributed by atoms with Crippen LogP contribution in [0.1, 0.15) is 40.6 Å². The molecule has 0 saturated heterocycles. The fourth-order valence-electron chi connectivity index (χ4n) is 2.95. The maximum atomic E-state index is 12.7. The maximum Gasteiger partial charge on any atom is 0.272 e. The standard InChI is InChI=1S/C18H17ClN4O/c1-11-3-2-8-20-16(11)17(12-4-5-12)22-18(24)14-10-23-9-13(19)6-7-15(23)21-14/h2-3,6-10,12,17H,4-5H2,1H3,(H,22,24)/t17-/m1/s1. The molecule has 0 spiro atoms. The summed E-state index contributed by atoms with van der Waals surface area (Å²) in [5.74, 6) is 0.269. The molecule has 5 nitrogen and oxygen atoms in total. The van der Waals surface area contributed by atoms with Crippen molar-refractivity contribution >= 4 is 23.2 Å². The molecular formula is C18H17ClN4O. The van der Waals surface area contributed by atoms with E-state index < -0.39 is 0 Å². The second kappa shape index (κ2) is 5.91. The molecule has 6 heteroatoms. The van der Waals surface area contributed by atoms with E-state index in [0.717, 1.165) is 24.1 Å². The quantitative estimate of drug-likeness (QED) is 0.789. The average Bonchev–Trinajstić information content (AvgIpc) is 3.32. The molecule has 1 aliphatic rings. The van der Waals surface area contributed by atoms with Crippen molar-refractivity contribution < 1.29 is 4.79 Å². The summed E-state index contributed by atoms with van der Waals surface area (Å²) in [6.45, 7) is 2.02. The molecule has 122 valence electrons. The van der Waals surface area contributed by atoms with Crippen LogP contribution in [0.2, 0.25) is 5.02 Å². The third-order valence-electron chi connectivity index (χ3n) is 4.37. The smallest absolute Gasteiger partial charge is 0.272 e. The van der Waals surface area contributed by atoms with Gasteiger partial charge in [0, 0.05) is 18.6 Å². The Labute approximate surface area is 144 Å². The van der Waals surface area contributed by atoms with Crippen LogP contribution in [0.25, 0.3) is 5.65 Å². The Bertz CT molecular complexity index is 916. The Morgan fingerprint density at radius 1 is 1.33 bits per heavy atom. The molecule has 3 aromatic heterocycles.